The number of piperidine rings is 1. The third-order valence-corrected chi connectivity index (χ3v) is 5.69. The molecule has 0 radical (unpaired) electrons. The van der Waals surface area contributed by atoms with E-state index in [0.717, 1.165) is 11.3 Å². The minimum Gasteiger partial charge on any atom is -0.339 e. The average Bonchev–Trinajstić information content (AvgIpc) is 3.27. The standard InChI is InChI=1S/C16H15F3N6O2S/c1-8-10(14(27)24-4-2-9(3-5-24)16(17,18)19)6-21-25(8)15-22-12-11(13(26)23-15)28-7-20-12/h6-7,9H,2-5H2,1H3,(H,22,23,26). The number of alkyl halides is 3. The summed E-state index contributed by atoms with van der Waals surface area (Å²) in [6, 6.07) is 0. The van der Waals surface area contributed by atoms with E-state index >= 15 is 0 Å². The van der Waals surface area contributed by atoms with Crippen LogP contribution in [0.15, 0.2) is 16.5 Å². The van der Waals surface area contributed by atoms with E-state index < -0.39 is 12.1 Å². The molecule has 1 aliphatic rings. The van der Waals surface area contributed by atoms with Gasteiger partial charge in [-0.15, -0.1) is 11.3 Å². The van der Waals surface area contributed by atoms with Gasteiger partial charge in [-0.05, 0) is 19.8 Å². The van der Waals surface area contributed by atoms with Crippen LogP contribution in [0.25, 0.3) is 16.3 Å². The summed E-state index contributed by atoms with van der Waals surface area (Å²) in [5, 5.41) is 4.12. The number of likely N-dealkylation sites (tertiary alicyclic amines) is 1. The van der Waals surface area contributed by atoms with Crippen molar-refractivity contribution in [3.8, 4) is 5.95 Å². The minimum absolute atomic E-state index is 0.0352. The summed E-state index contributed by atoms with van der Waals surface area (Å²) in [4.78, 5) is 37.1. The molecule has 8 nitrogen and oxygen atoms in total. The number of hydrogen-bond donors (Lipinski definition) is 1. The van der Waals surface area contributed by atoms with Gasteiger partial charge in [-0.3, -0.25) is 14.6 Å². The molecule has 0 unspecified atom stereocenters. The third kappa shape index (κ3) is 3.17. The molecule has 0 spiro atoms. The lowest BCUT2D eigenvalue weighted by Crippen LogP contribution is -2.42. The first-order chi connectivity index (χ1) is 13.3. The molecule has 0 aromatic carbocycles. The first kappa shape index (κ1) is 18.6. The molecule has 0 bridgehead atoms. The summed E-state index contributed by atoms with van der Waals surface area (Å²) in [6.07, 6.45) is -3.13. The summed E-state index contributed by atoms with van der Waals surface area (Å²) in [6.45, 7) is 1.70. The van der Waals surface area contributed by atoms with Gasteiger partial charge in [0.1, 0.15) is 4.70 Å². The zero-order valence-corrected chi connectivity index (χ0v) is 15.5. The number of amides is 1. The molecule has 1 aliphatic heterocycles. The van der Waals surface area contributed by atoms with Gasteiger partial charge in [0.25, 0.3) is 11.5 Å². The highest BCUT2D eigenvalue weighted by atomic mass is 32.1. The first-order valence-electron chi connectivity index (χ1n) is 8.50. The Bertz CT molecular complexity index is 1090. The molecular weight excluding hydrogens is 397 g/mol. The normalized spacial score (nSPS) is 16.1. The quantitative estimate of drug-likeness (QED) is 0.697. The highest BCUT2D eigenvalue weighted by Gasteiger charge is 2.42. The van der Waals surface area contributed by atoms with E-state index in [-0.39, 0.29) is 54.6 Å². The maximum atomic E-state index is 12.8. The van der Waals surface area contributed by atoms with Crippen LogP contribution in [0.3, 0.4) is 0 Å². The number of carbonyl (C=O) groups is 1. The summed E-state index contributed by atoms with van der Waals surface area (Å²) in [5.74, 6) is -1.64. The van der Waals surface area contributed by atoms with Crippen LogP contribution in [0.2, 0.25) is 0 Å². The Morgan fingerprint density at radius 2 is 2.04 bits per heavy atom. The van der Waals surface area contributed by atoms with E-state index in [1.165, 1.54) is 21.3 Å². The van der Waals surface area contributed by atoms with Crippen molar-refractivity contribution in [2.24, 2.45) is 5.92 Å². The van der Waals surface area contributed by atoms with E-state index in [1.54, 1.807) is 6.92 Å². The predicted octanol–water partition coefficient (Wildman–Crippen LogP) is 2.29. The summed E-state index contributed by atoms with van der Waals surface area (Å²) >= 11 is 1.16. The molecule has 3 aromatic rings. The zero-order chi connectivity index (χ0) is 20.1. The number of nitrogens with one attached hydrogen (secondary N) is 1. The van der Waals surface area contributed by atoms with Crippen LogP contribution in [-0.4, -0.2) is 54.8 Å². The van der Waals surface area contributed by atoms with Crippen molar-refractivity contribution in [2.75, 3.05) is 13.1 Å². The van der Waals surface area contributed by atoms with Crippen molar-refractivity contribution in [1.82, 2.24) is 29.6 Å². The largest absolute Gasteiger partial charge is 0.391 e. The number of carbonyl (C=O) groups excluding carboxylic acids is 1. The first-order valence-corrected chi connectivity index (χ1v) is 9.38. The van der Waals surface area contributed by atoms with Gasteiger partial charge < -0.3 is 4.90 Å². The Kier molecular flexibility index (Phi) is 4.44. The van der Waals surface area contributed by atoms with E-state index in [4.69, 9.17) is 0 Å². The minimum atomic E-state index is -4.23. The number of nitrogens with zero attached hydrogens (tertiary/aromatic N) is 5. The van der Waals surface area contributed by atoms with Crippen molar-refractivity contribution in [2.45, 2.75) is 25.9 Å². The van der Waals surface area contributed by atoms with Crippen LogP contribution in [0, 0.1) is 12.8 Å². The number of rotatable bonds is 2. The maximum Gasteiger partial charge on any atom is 0.391 e. The number of thiazole rings is 1. The van der Waals surface area contributed by atoms with Crippen molar-refractivity contribution in [3.63, 3.8) is 0 Å². The fraction of sp³-hybridized carbons (Fsp3) is 0.438. The fourth-order valence-corrected chi connectivity index (χ4v) is 3.90. The number of aromatic amines is 1. The second-order valence-corrected chi connectivity index (χ2v) is 7.41. The third-order valence-electron chi connectivity index (χ3n) is 4.88. The van der Waals surface area contributed by atoms with Gasteiger partial charge in [0.2, 0.25) is 5.95 Å². The molecule has 0 atom stereocenters. The predicted molar refractivity (Wildman–Crippen MR) is 94.6 cm³/mol. The Morgan fingerprint density at radius 1 is 1.32 bits per heavy atom. The number of aromatic nitrogens is 5. The highest BCUT2D eigenvalue weighted by molar-refractivity contribution is 7.16. The Morgan fingerprint density at radius 3 is 2.71 bits per heavy atom. The molecule has 148 valence electrons. The van der Waals surface area contributed by atoms with Gasteiger partial charge in [0.15, 0.2) is 5.65 Å². The van der Waals surface area contributed by atoms with Gasteiger partial charge in [0.05, 0.1) is 28.9 Å². The van der Waals surface area contributed by atoms with E-state index in [0.29, 0.717) is 10.4 Å². The number of halogens is 3. The summed E-state index contributed by atoms with van der Waals surface area (Å²) < 4.78 is 40.1. The molecule has 1 saturated heterocycles. The average molecular weight is 412 g/mol. The molecule has 3 aromatic heterocycles. The van der Waals surface area contributed by atoms with E-state index in [9.17, 15) is 22.8 Å². The van der Waals surface area contributed by atoms with Crippen LogP contribution in [0.4, 0.5) is 13.2 Å². The Labute approximate surface area is 160 Å². The van der Waals surface area contributed by atoms with Crippen LogP contribution >= 0.6 is 11.3 Å². The maximum absolute atomic E-state index is 12.8. The fourth-order valence-electron chi connectivity index (χ4n) is 3.28. The lowest BCUT2D eigenvalue weighted by Gasteiger charge is -2.32. The van der Waals surface area contributed by atoms with Crippen LogP contribution in [-0.2, 0) is 0 Å². The molecule has 1 amide bonds. The molecule has 28 heavy (non-hydrogen) atoms. The smallest absolute Gasteiger partial charge is 0.339 e. The molecule has 1 N–H and O–H groups in total. The van der Waals surface area contributed by atoms with E-state index in [1.807, 2.05) is 0 Å². The zero-order valence-electron chi connectivity index (χ0n) is 14.7. The van der Waals surface area contributed by atoms with Crippen molar-refractivity contribution < 1.29 is 18.0 Å². The van der Waals surface area contributed by atoms with E-state index in [2.05, 4.69) is 20.1 Å². The number of H-pyrrole nitrogens is 1. The second-order valence-electron chi connectivity index (χ2n) is 6.56. The van der Waals surface area contributed by atoms with Crippen LogP contribution in [0.1, 0.15) is 28.9 Å². The molecule has 0 saturated carbocycles. The number of hydrogen-bond acceptors (Lipinski definition) is 6. The van der Waals surface area contributed by atoms with Crippen LogP contribution in [0.5, 0.6) is 0 Å². The molecule has 1 fully saturated rings. The van der Waals surface area contributed by atoms with Gasteiger partial charge in [-0.2, -0.15) is 23.3 Å². The topological polar surface area (TPSA) is 96.8 Å². The summed E-state index contributed by atoms with van der Waals surface area (Å²) in [5.41, 5.74) is 2.11. The Balaban J connectivity index is 1.58. The SMILES string of the molecule is Cc1c(C(=O)N2CCC(C(F)(F)F)CC2)cnn1-c1nc2ncsc2c(=O)[nH]1. The molecule has 12 heteroatoms. The molecule has 4 rings (SSSR count). The molecular formula is C16H15F3N6O2S. The highest BCUT2D eigenvalue weighted by Crippen LogP contribution is 2.34. The van der Waals surface area contributed by atoms with Crippen molar-refractivity contribution in [1.29, 1.82) is 0 Å². The lowest BCUT2D eigenvalue weighted by molar-refractivity contribution is -0.183. The Hall–Kier alpha value is -2.76. The summed E-state index contributed by atoms with van der Waals surface area (Å²) in [7, 11) is 0. The monoisotopic (exact) mass is 412 g/mol. The lowest BCUT2D eigenvalue weighted by atomic mass is 9.96. The van der Waals surface area contributed by atoms with Gasteiger partial charge >= 0.3 is 6.18 Å². The van der Waals surface area contributed by atoms with Gasteiger partial charge in [0, 0.05) is 13.1 Å². The second kappa shape index (κ2) is 6.69. The molecule has 0 aliphatic carbocycles. The van der Waals surface area contributed by atoms with Gasteiger partial charge in [-0.25, -0.2) is 9.67 Å². The number of fused-ring (bicyclic) bond motifs is 1. The molecule has 4 heterocycles. The van der Waals surface area contributed by atoms with Crippen LogP contribution < -0.4 is 5.56 Å². The van der Waals surface area contributed by atoms with Crippen molar-refractivity contribution in [3.05, 3.63) is 33.3 Å². The van der Waals surface area contributed by atoms with Gasteiger partial charge in [-0.1, -0.05) is 0 Å². The van der Waals surface area contributed by atoms with Crippen molar-refractivity contribution >= 4 is 27.6 Å².